The van der Waals surface area contributed by atoms with Gasteiger partial charge >= 0.3 is 0 Å². The van der Waals surface area contributed by atoms with Crippen LogP contribution in [0.3, 0.4) is 0 Å². The molecule has 0 saturated heterocycles. The molecule has 0 aliphatic carbocycles. The van der Waals surface area contributed by atoms with Gasteiger partial charge in [0.15, 0.2) is 5.82 Å². The molecule has 0 spiro atoms. The van der Waals surface area contributed by atoms with Crippen LogP contribution in [-0.4, -0.2) is 34.1 Å². The van der Waals surface area contributed by atoms with Crippen LogP contribution in [0.15, 0.2) is 213 Å². The van der Waals surface area contributed by atoms with Crippen molar-refractivity contribution in [2.75, 3.05) is 0 Å². The van der Waals surface area contributed by atoms with Crippen LogP contribution in [0, 0.1) is 0 Å². The summed E-state index contributed by atoms with van der Waals surface area (Å²) in [5.41, 5.74) is 13.8. The summed E-state index contributed by atoms with van der Waals surface area (Å²) in [4.78, 5) is 25.8. The molecule has 62 heavy (non-hydrogen) atoms. The van der Waals surface area contributed by atoms with Crippen molar-refractivity contribution in [2.45, 2.75) is 0 Å². The molecule has 0 radical (unpaired) electrons. The van der Waals surface area contributed by atoms with Gasteiger partial charge in [0, 0.05) is 38.2 Å². The molecule has 0 amide bonds. The first-order valence-electron chi connectivity index (χ1n) is 20.7. The number of hydrogen-bond acceptors (Lipinski definition) is 5. The first kappa shape index (κ1) is 35.4. The Bertz CT molecular complexity index is 3270. The standard InChI is InChI=1S/C55H35N7/c1-3-15-36(16-4-1)47-33-48(37-17-5-2-6-18-37)60-55(59-47)38-31-49(45-29-27-39(34-56-45)61-51-23-11-7-19-41(51)42-20-8-12-24-52(42)61)58-50(32-38)46-30-28-40(35-57-46)62-53-25-13-9-21-43(53)44-22-10-14-26-54(44)62/h1-35H. The Morgan fingerprint density at radius 2 is 0.645 bits per heavy atom. The van der Waals surface area contributed by atoms with Gasteiger partial charge in [0.2, 0.25) is 0 Å². The second-order valence-electron chi connectivity index (χ2n) is 15.4. The lowest BCUT2D eigenvalue weighted by Crippen LogP contribution is -2.00. The molecule has 0 saturated carbocycles. The fourth-order valence-corrected chi connectivity index (χ4v) is 8.75. The van der Waals surface area contributed by atoms with Crippen molar-refractivity contribution in [3.8, 4) is 68.1 Å². The van der Waals surface area contributed by atoms with Crippen molar-refractivity contribution in [3.05, 3.63) is 213 Å². The Labute approximate surface area is 356 Å². The lowest BCUT2D eigenvalue weighted by atomic mass is 10.1. The van der Waals surface area contributed by atoms with Crippen molar-refractivity contribution >= 4 is 43.6 Å². The van der Waals surface area contributed by atoms with Crippen LogP contribution < -0.4 is 0 Å². The number of para-hydroxylation sites is 4. The minimum Gasteiger partial charge on any atom is -0.308 e. The molecule has 12 aromatic rings. The predicted octanol–water partition coefficient (Wildman–Crippen LogP) is 13.2. The van der Waals surface area contributed by atoms with E-state index in [2.05, 4.69) is 149 Å². The van der Waals surface area contributed by atoms with Crippen LogP contribution in [0.4, 0.5) is 0 Å². The number of fused-ring (bicyclic) bond motifs is 6. The number of nitrogens with zero attached hydrogens (tertiary/aromatic N) is 7. The molecule has 6 aromatic carbocycles. The zero-order chi connectivity index (χ0) is 41.0. The van der Waals surface area contributed by atoms with Crippen molar-refractivity contribution in [1.82, 2.24) is 34.1 Å². The largest absolute Gasteiger partial charge is 0.308 e. The van der Waals surface area contributed by atoms with Crippen molar-refractivity contribution < 1.29 is 0 Å². The number of pyridine rings is 3. The second-order valence-corrected chi connectivity index (χ2v) is 15.4. The minimum absolute atomic E-state index is 0.582. The summed E-state index contributed by atoms with van der Waals surface area (Å²) in [6.45, 7) is 0. The number of rotatable bonds is 7. The maximum atomic E-state index is 5.25. The van der Waals surface area contributed by atoms with Crippen LogP contribution in [0.5, 0.6) is 0 Å². The van der Waals surface area contributed by atoms with E-state index in [9.17, 15) is 0 Å². The minimum atomic E-state index is 0.582. The molecule has 12 rings (SSSR count). The van der Waals surface area contributed by atoms with Crippen LogP contribution in [-0.2, 0) is 0 Å². The molecule has 6 aromatic heterocycles. The van der Waals surface area contributed by atoms with E-state index in [1.165, 1.54) is 21.5 Å². The Hall–Kier alpha value is -8.55. The SMILES string of the molecule is c1ccc(-c2cc(-c3ccccc3)nc(-c3cc(-c4ccc(-n5c6ccccc6c6ccccc65)cn4)nc(-c4ccc(-n5c6ccccc6c6ccccc65)cn4)c3)n2)cc1. The fraction of sp³-hybridized carbons (Fsp3) is 0. The molecule has 0 fully saturated rings. The smallest absolute Gasteiger partial charge is 0.160 e. The summed E-state index contributed by atoms with van der Waals surface area (Å²) in [6.07, 6.45) is 3.86. The number of benzene rings is 6. The van der Waals surface area contributed by atoms with Gasteiger partial charge in [-0.05, 0) is 66.7 Å². The van der Waals surface area contributed by atoms with Crippen molar-refractivity contribution in [3.63, 3.8) is 0 Å². The molecular weight excluding hydrogens is 759 g/mol. The van der Waals surface area contributed by atoms with Gasteiger partial charge in [-0.2, -0.15) is 0 Å². The van der Waals surface area contributed by atoms with Crippen LogP contribution in [0.25, 0.3) is 112 Å². The lowest BCUT2D eigenvalue weighted by Gasteiger charge is -2.13. The van der Waals surface area contributed by atoms with E-state index in [0.717, 1.165) is 72.9 Å². The van der Waals surface area contributed by atoms with Gasteiger partial charge in [-0.25, -0.2) is 15.0 Å². The van der Waals surface area contributed by atoms with E-state index in [0.29, 0.717) is 17.2 Å². The zero-order valence-corrected chi connectivity index (χ0v) is 33.3. The zero-order valence-electron chi connectivity index (χ0n) is 33.3. The van der Waals surface area contributed by atoms with E-state index in [1.54, 1.807) is 0 Å². The summed E-state index contributed by atoms with van der Waals surface area (Å²) in [7, 11) is 0. The highest BCUT2D eigenvalue weighted by Crippen LogP contribution is 2.36. The topological polar surface area (TPSA) is 74.3 Å². The Morgan fingerprint density at radius 1 is 0.274 bits per heavy atom. The molecule has 0 atom stereocenters. The summed E-state index contributed by atoms with van der Waals surface area (Å²) in [6, 6.07) is 69.0. The van der Waals surface area contributed by atoms with Gasteiger partial charge < -0.3 is 9.13 Å². The Morgan fingerprint density at radius 3 is 1.02 bits per heavy atom. The van der Waals surface area contributed by atoms with Crippen LogP contribution in [0.2, 0.25) is 0 Å². The van der Waals surface area contributed by atoms with Gasteiger partial charge in [-0.1, -0.05) is 133 Å². The number of aromatic nitrogens is 7. The van der Waals surface area contributed by atoms with Crippen LogP contribution >= 0.6 is 0 Å². The number of hydrogen-bond donors (Lipinski definition) is 0. The summed E-state index contributed by atoms with van der Waals surface area (Å²) in [5.74, 6) is 0.582. The first-order valence-corrected chi connectivity index (χ1v) is 20.7. The molecule has 0 bridgehead atoms. The summed E-state index contributed by atoms with van der Waals surface area (Å²) >= 11 is 0. The average molecular weight is 794 g/mol. The third-order valence-corrected chi connectivity index (χ3v) is 11.6. The Balaban J connectivity index is 1.02. The van der Waals surface area contributed by atoms with Gasteiger partial charge in [-0.3, -0.25) is 9.97 Å². The molecule has 0 unspecified atom stereocenters. The molecule has 6 heterocycles. The first-order chi connectivity index (χ1) is 30.7. The highest BCUT2D eigenvalue weighted by Gasteiger charge is 2.18. The van der Waals surface area contributed by atoms with E-state index in [-0.39, 0.29) is 0 Å². The molecule has 0 N–H and O–H groups in total. The van der Waals surface area contributed by atoms with Gasteiger partial charge in [-0.15, -0.1) is 0 Å². The predicted molar refractivity (Wildman–Crippen MR) is 251 cm³/mol. The normalized spacial score (nSPS) is 11.5. The maximum Gasteiger partial charge on any atom is 0.160 e. The highest BCUT2D eigenvalue weighted by molar-refractivity contribution is 6.10. The van der Waals surface area contributed by atoms with E-state index >= 15 is 0 Å². The third kappa shape index (κ3) is 6.02. The maximum absolute atomic E-state index is 5.25. The van der Waals surface area contributed by atoms with Crippen LogP contribution in [0.1, 0.15) is 0 Å². The molecule has 7 heteroatoms. The summed E-state index contributed by atoms with van der Waals surface area (Å²) in [5, 5.41) is 4.82. The van der Waals surface area contributed by atoms with E-state index in [4.69, 9.17) is 24.9 Å². The fourth-order valence-electron chi connectivity index (χ4n) is 8.75. The molecule has 0 aliphatic rings. The summed E-state index contributed by atoms with van der Waals surface area (Å²) < 4.78 is 4.54. The average Bonchev–Trinajstić information content (AvgIpc) is 3.87. The molecule has 290 valence electrons. The highest BCUT2D eigenvalue weighted by atomic mass is 15.0. The Kier molecular flexibility index (Phi) is 8.35. The van der Waals surface area contributed by atoms with Gasteiger partial charge in [0.25, 0.3) is 0 Å². The van der Waals surface area contributed by atoms with Crippen molar-refractivity contribution in [2.24, 2.45) is 0 Å². The van der Waals surface area contributed by atoms with E-state index in [1.807, 2.05) is 73.1 Å². The second kappa shape index (κ2) is 14.6. The van der Waals surface area contributed by atoms with E-state index < -0.39 is 0 Å². The monoisotopic (exact) mass is 793 g/mol. The quantitative estimate of drug-likeness (QED) is 0.161. The van der Waals surface area contributed by atoms with Crippen molar-refractivity contribution in [1.29, 1.82) is 0 Å². The lowest BCUT2D eigenvalue weighted by molar-refractivity contribution is 1.12. The van der Waals surface area contributed by atoms with Gasteiger partial charge in [0.1, 0.15) is 0 Å². The molecular formula is C55H35N7. The molecule has 7 nitrogen and oxygen atoms in total. The third-order valence-electron chi connectivity index (χ3n) is 11.6. The molecule has 0 aliphatic heterocycles. The van der Waals surface area contributed by atoms with Gasteiger partial charge in [0.05, 0.1) is 80.0 Å².